The fourth-order valence-corrected chi connectivity index (χ4v) is 5.24. The fourth-order valence-electron chi connectivity index (χ4n) is 5.24. The monoisotopic (exact) mass is 308 g/mol. The molecule has 1 fully saturated rings. The van der Waals surface area contributed by atoms with Gasteiger partial charge in [0, 0.05) is 29.2 Å². The van der Waals surface area contributed by atoms with Gasteiger partial charge in [-0.3, -0.25) is 0 Å². The number of aromatic nitrogens is 1. The van der Waals surface area contributed by atoms with E-state index >= 15 is 0 Å². The number of hydrogen-bond acceptors (Lipinski definition) is 1. The van der Waals surface area contributed by atoms with E-state index in [1.54, 1.807) is 11.1 Å². The van der Waals surface area contributed by atoms with Crippen molar-refractivity contribution in [3.63, 3.8) is 0 Å². The molecular weight excluding hydrogens is 280 g/mol. The Balaban J connectivity index is 1.94. The van der Waals surface area contributed by atoms with Gasteiger partial charge in [-0.1, -0.05) is 38.0 Å². The number of benzene rings is 1. The van der Waals surface area contributed by atoms with E-state index in [0.29, 0.717) is 0 Å². The molecule has 0 radical (unpaired) electrons. The molecule has 1 aromatic heterocycles. The second-order valence-corrected chi connectivity index (χ2v) is 7.49. The van der Waals surface area contributed by atoms with E-state index in [9.17, 15) is 0 Å². The molecule has 2 atom stereocenters. The van der Waals surface area contributed by atoms with Gasteiger partial charge in [-0.05, 0) is 62.3 Å². The molecule has 2 aromatic rings. The highest BCUT2D eigenvalue weighted by molar-refractivity contribution is 5.51. The van der Waals surface area contributed by atoms with Gasteiger partial charge in [0.25, 0.3) is 0 Å². The summed E-state index contributed by atoms with van der Waals surface area (Å²) in [6.45, 7) is 8.21. The summed E-state index contributed by atoms with van der Waals surface area (Å²) in [5, 5.41) is 3.96. The third-order valence-corrected chi connectivity index (χ3v) is 6.35. The molecule has 23 heavy (non-hydrogen) atoms. The standard InChI is InChI=1S/C21H28N2/c1-15-9-7-8-13-21(15)20-17(3)23(18-10-5-4-6-11-18)16(2)19(20)12-14-22-21/h4-6,10-11,15,22H,7-9,12-14H2,1-3H3/t15-,21+/m1/s1. The van der Waals surface area contributed by atoms with Gasteiger partial charge in [0.1, 0.15) is 0 Å². The Morgan fingerprint density at radius 1 is 1.09 bits per heavy atom. The fraction of sp³-hybridized carbons (Fsp3) is 0.524. The van der Waals surface area contributed by atoms with E-state index in [0.717, 1.165) is 18.9 Å². The summed E-state index contributed by atoms with van der Waals surface area (Å²) < 4.78 is 2.49. The normalized spacial score (nSPS) is 27.2. The lowest BCUT2D eigenvalue weighted by molar-refractivity contribution is 0.145. The average molecular weight is 308 g/mol. The second kappa shape index (κ2) is 5.52. The van der Waals surface area contributed by atoms with E-state index in [1.807, 2.05) is 0 Å². The number of rotatable bonds is 1. The van der Waals surface area contributed by atoms with Crippen molar-refractivity contribution >= 4 is 0 Å². The summed E-state index contributed by atoms with van der Waals surface area (Å²) in [6.07, 6.45) is 6.54. The van der Waals surface area contributed by atoms with Gasteiger partial charge < -0.3 is 9.88 Å². The molecule has 0 saturated heterocycles. The molecular formula is C21H28N2. The number of para-hydroxylation sites is 1. The van der Waals surface area contributed by atoms with Gasteiger partial charge in [0.05, 0.1) is 0 Å². The zero-order chi connectivity index (χ0) is 16.0. The van der Waals surface area contributed by atoms with Crippen molar-refractivity contribution in [1.29, 1.82) is 0 Å². The molecule has 4 rings (SSSR count). The van der Waals surface area contributed by atoms with Crippen LogP contribution in [0.3, 0.4) is 0 Å². The lowest BCUT2D eigenvalue weighted by Gasteiger charge is -2.47. The first-order valence-electron chi connectivity index (χ1n) is 9.17. The van der Waals surface area contributed by atoms with Gasteiger partial charge in [0.15, 0.2) is 0 Å². The Morgan fingerprint density at radius 3 is 2.61 bits per heavy atom. The molecule has 1 aliphatic heterocycles. The van der Waals surface area contributed by atoms with Gasteiger partial charge in [-0.2, -0.15) is 0 Å². The molecule has 0 bridgehead atoms. The predicted octanol–water partition coefficient (Wildman–Crippen LogP) is 4.65. The first-order valence-corrected chi connectivity index (χ1v) is 9.17. The van der Waals surface area contributed by atoms with Crippen molar-refractivity contribution in [2.24, 2.45) is 5.92 Å². The van der Waals surface area contributed by atoms with Crippen molar-refractivity contribution in [1.82, 2.24) is 9.88 Å². The van der Waals surface area contributed by atoms with Crippen LogP contribution in [0.1, 0.15) is 55.1 Å². The molecule has 2 heterocycles. The highest BCUT2D eigenvalue weighted by Crippen LogP contribution is 2.47. The van der Waals surface area contributed by atoms with Crippen LogP contribution in [0.25, 0.3) is 5.69 Å². The van der Waals surface area contributed by atoms with Crippen molar-refractivity contribution in [2.75, 3.05) is 6.54 Å². The zero-order valence-electron chi connectivity index (χ0n) is 14.7. The second-order valence-electron chi connectivity index (χ2n) is 7.49. The lowest BCUT2D eigenvalue weighted by atomic mass is 9.67. The topological polar surface area (TPSA) is 17.0 Å². The molecule has 1 aromatic carbocycles. The van der Waals surface area contributed by atoms with E-state index in [2.05, 4.69) is 61.0 Å². The van der Waals surface area contributed by atoms with Crippen LogP contribution < -0.4 is 5.32 Å². The molecule has 1 N–H and O–H groups in total. The van der Waals surface area contributed by atoms with Crippen molar-refractivity contribution in [3.05, 3.63) is 52.8 Å². The van der Waals surface area contributed by atoms with Crippen molar-refractivity contribution in [3.8, 4) is 5.69 Å². The van der Waals surface area contributed by atoms with E-state index in [1.165, 1.54) is 42.8 Å². The minimum atomic E-state index is 0.209. The van der Waals surface area contributed by atoms with Gasteiger partial charge in [-0.25, -0.2) is 0 Å². The van der Waals surface area contributed by atoms with Crippen molar-refractivity contribution < 1.29 is 0 Å². The largest absolute Gasteiger partial charge is 0.318 e. The summed E-state index contributed by atoms with van der Waals surface area (Å²) >= 11 is 0. The Labute approximate surface area is 139 Å². The molecule has 1 saturated carbocycles. The first-order chi connectivity index (χ1) is 11.1. The van der Waals surface area contributed by atoms with Crippen molar-refractivity contribution in [2.45, 2.75) is 58.4 Å². The predicted molar refractivity (Wildman–Crippen MR) is 96.3 cm³/mol. The molecule has 2 nitrogen and oxygen atoms in total. The van der Waals surface area contributed by atoms with Crippen LogP contribution in [0.5, 0.6) is 0 Å². The van der Waals surface area contributed by atoms with E-state index in [4.69, 9.17) is 0 Å². The van der Waals surface area contributed by atoms with Gasteiger partial charge in [0.2, 0.25) is 0 Å². The maximum absolute atomic E-state index is 3.96. The minimum absolute atomic E-state index is 0.209. The number of fused-ring (bicyclic) bond motifs is 2. The summed E-state index contributed by atoms with van der Waals surface area (Å²) in [7, 11) is 0. The van der Waals surface area contributed by atoms with E-state index in [-0.39, 0.29) is 5.54 Å². The molecule has 2 aliphatic rings. The summed E-state index contributed by atoms with van der Waals surface area (Å²) in [5.74, 6) is 0.722. The maximum atomic E-state index is 3.96. The first kappa shape index (κ1) is 15.0. The zero-order valence-corrected chi connectivity index (χ0v) is 14.7. The molecule has 1 aliphatic carbocycles. The Hall–Kier alpha value is -1.54. The highest BCUT2D eigenvalue weighted by Gasteiger charge is 2.45. The van der Waals surface area contributed by atoms with Crippen LogP contribution in [0.2, 0.25) is 0 Å². The molecule has 0 unspecified atom stereocenters. The third kappa shape index (κ3) is 2.11. The maximum Gasteiger partial charge on any atom is 0.0481 e. The average Bonchev–Trinajstić information content (AvgIpc) is 2.84. The van der Waals surface area contributed by atoms with Crippen LogP contribution in [0.15, 0.2) is 30.3 Å². The van der Waals surface area contributed by atoms with Crippen LogP contribution in [-0.4, -0.2) is 11.1 Å². The SMILES string of the molecule is Cc1c2c(c(C)n1-c1ccccc1)[C@@]1(CCCC[C@H]1C)NCC2. The summed E-state index contributed by atoms with van der Waals surface area (Å²) in [6, 6.07) is 10.9. The van der Waals surface area contributed by atoms with Crippen LogP contribution in [0, 0.1) is 19.8 Å². The smallest absolute Gasteiger partial charge is 0.0481 e. The van der Waals surface area contributed by atoms with Crippen LogP contribution in [0.4, 0.5) is 0 Å². The van der Waals surface area contributed by atoms with Gasteiger partial charge >= 0.3 is 0 Å². The Kier molecular flexibility index (Phi) is 3.60. The summed E-state index contributed by atoms with van der Waals surface area (Å²) in [5.41, 5.74) is 7.64. The third-order valence-electron chi connectivity index (χ3n) is 6.35. The van der Waals surface area contributed by atoms with E-state index < -0.39 is 0 Å². The highest BCUT2D eigenvalue weighted by atomic mass is 15.1. The lowest BCUT2D eigenvalue weighted by Crippen LogP contribution is -2.53. The van der Waals surface area contributed by atoms with Crippen LogP contribution >= 0.6 is 0 Å². The minimum Gasteiger partial charge on any atom is -0.318 e. The quantitative estimate of drug-likeness (QED) is 0.811. The Bertz CT molecular complexity index is 713. The molecule has 0 amide bonds. The summed E-state index contributed by atoms with van der Waals surface area (Å²) in [4.78, 5) is 0. The number of nitrogens with one attached hydrogen (secondary N) is 1. The molecule has 1 spiro atoms. The molecule has 2 heteroatoms. The number of nitrogens with zero attached hydrogens (tertiary/aromatic N) is 1. The molecule has 122 valence electrons. The van der Waals surface area contributed by atoms with Gasteiger partial charge in [-0.15, -0.1) is 0 Å². The number of hydrogen-bond donors (Lipinski definition) is 1. The Morgan fingerprint density at radius 2 is 1.87 bits per heavy atom. The van der Waals surface area contributed by atoms with Crippen LogP contribution in [-0.2, 0) is 12.0 Å².